The average molecular weight is 536 g/mol. The number of carbonyl (C=O) groups excluding carboxylic acids is 1. The van der Waals surface area contributed by atoms with E-state index in [1.54, 1.807) is 11.0 Å². The molecule has 7 nitrogen and oxygen atoms in total. The minimum absolute atomic E-state index is 0.0492. The summed E-state index contributed by atoms with van der Waals surface area (Å²) >= 11 is 0. The fourth-order valence-electron chi connectivity index (χ4n) is 5.76. The standard InChI is InChI=1S/C31H38FN3O4/c1-6-25-22(12-9-18(2)33-25)23-14-21(29(36)37)15-24-26(32)27(35(28(23)24)16-19-10-11-19)20-8-7-13-34(17-20)30(38)39-31(3,4)5/h9,12,14-15,19-20H,6-8,10-11,13,16-17H2,1-5H3,(H,36,37)/t20-/m0/s1. The van der Waals surface area contributed by atoms with E-state index in [1.807, 2.05) is 46.8 Å². The third-order valence-electron chi connectivity index (χ3n) is 7.71. The van der Waals surface area contributed by atoms with Gasteiger partial charge >= 0.3 is 12.1 Å². The van der Waals surface area contributed by atoms with Crippen LogP contribution in [-0.4, -0.2) is 50.3 Å². The summed E-state index contributed by atoms with van der Waals surface area (Å²) in [5.74, 6) is -1.25. The molecule has 8 heteroatoms. The molecule has 1 saturated carbocycles. The first kappa shape index (κ1) is 27.2. The van der Waals surface area contributed by atoms with Crippen molar-refractivity contribution >= 4 is 23.0 Å². The number of piperidine rings is 1. The first-order valence-corrected chi connectivity index (χ1v) is 14.0. The van der Waals surface area contributed by atoms with E-state index in [0.29, 0.717) is 54.1 Å². The molecule has 1 aliphatic heterocycles. The normalized spacial score (nSPS) is 18.0. The summed E-state index contributed by atoms with van der Waals surface area (Å²) in [4.78, 5) is 31.5. The molecule has 5 rings (SSSR count). The Bertz CT molecular complexity index is 1430. The van der Waals surface area contributed by atoms with Gasteiger partial charge in [0.15, 0.2) is 5.82 Å². The second kappa shape index (κ2) is 10.3. The fourth-order valence-corrected chi connectivity index (χ4v) is 5.76. The number of rotatable bonds is 6. The van der Waals surface area contributed by atoms with Crippen molar-refractivity contribution < 1.29 is 23.8 Å². The lowest BCUT2D eigenvalue weighted by Crippen LogP contribution is -2.42. The lowest BCUT2D eigenvalue weighted by molar-refractivity contribution is 0.0194. The highest BCUT2D eigenvalue weighted by Crippen LogP contribution is 2.43. The van der Waals surface area contributed by atoms with Crippen LogP contribution in [0.25, 0.3) is 22.0 Å². The Kier molecular flexibility index (Phi) is 7.16. The van der Waals surface area contributed by atoms with Crippen LogP contribution in [0.4, 0.5) is 9.18 Å². The first-order chi connectivity index (χ1) is 18.5. The van der Waals surface area contributed by atoms with E-state index in [-0.39, 0.29) is 23.4 Å². The van der Waals surface area contributed by atoms with Crippen molar-refractivity contribution in [3.63, 3.8) is 0 Å². The molecule has 1 saturated heterocycles. The lowest BCUT2D eigenvalue weighted by atomic mass is 9.94. The largest absolute Gasteiger partial charge is 0.478 e. The molecule has 3 aromatic rings. The van der Waals surface area contributed by atoms with E-state index in [4.69, 9.17) is 9.72 Å². The Morgan fingerprint density at radius 3 is 2.54 bits per heavy atom. The van der Waals surface area contributed by atoms with Crippen LogP contribution in [0.2, 0.25) is 0 Å². The molecule has 1 amide bonds. The number of benzene rings is 1. The minimum atomic E-state index is -1.10. The molecule has 0 bridgehead atoms. The van der Waals surface area contributed by atoms with Crippen molar-refractivity contribution in [3.8, 4) is 11.1 Å². The van der Waals surface area contributed by atoms with Gasteiger partial charge in [-0.3, -0.25) is 4.98 Å². The number of carbonyl (C=O) groups is 2. The van der Waals surface area contributed by atoms with Gasteiger partial charge in [-0.25, -0.2) is 14.0 Å². The van der Waals surface area contributed by atoms with Gasteiger partial charge in [0.1, 0.15) is 5.60 Å². The number of carboxylic acid groups (broad SMARTS) is 1. The highest BCUT2D eigenvalue weighted by atomic mass is 19.1. The lowest BCUT2D eigenvalue weighted by Gasteiger charge is -2.34. The number of halogens is 1. The summed E-state index contributed by atoms with van der Waals surface area (Å²) in [7, 11) is 0. The SMILES string of the molecule is CCc1nc(C)ccc1-c1cc(C(=O)O)cc2c(F)c([C@H]3CCCN(C(=O)OC(C)(C)C)C3)n(CC3CC3)c12. The molecule has 1 atom stereocenters. The predicted molar refractivity (Wildman–Crippen MR) is 149 cm³/mol. The third kappa shape index (κ3) is 5.52. The first-order valence-electron chi connectivity index (χ1n) is 14.0. The molecule has 2 fully saturated rings. The van der Waals surface area contributed by atoms with Gasteiger partial charge in [0, 0.05) is 53.5 Å². The summed E-state index contributed by atoms with van der Waals surface area (Å²) in [6, 6.07) is 7.01. The zero-order chi connectivity index (χ0) is 28.1. The molecule has 1 aromatic carbocycles. The van der Waals surface area contributed by atoms with Crippen LogP contribution in [-0.2, 0) is 17.7 Å². The second-order valence-corrected chi connectivity index (χ2v) is 12.0. The van der Waals surface area contributed by atoms with Crippen LogP contribution >= 0.6 is 0 Å². The molecule has 2 aliphatic rings. The van der Waals surface area contributed by atoms with Crippen molar-refractivity contribution in [3.05, 3.63) is 52.7 Å². The molecule has 0 unspecified atom stereocenters. The molecule has 0 radical (unpaired) electrons. The fraction of sp³-hybridized carbons (Fsp3) is 0.516. The molecular weight excluding hydrogens is 497 g/mol. The van der Waals surface area contributed by atoms with E-state index in [2.05, 4.69) is 4.57 Å². The van der Waals surface area contributed by atoms with Gasteiger partial charge in [-0.1, -0.05) is 13.0 Å². The summed E-state index contributed by atoms with van der Waals surface area (Å²) < 4.78 is 24.3. The number of hydrogen-bond acceptors (Lipinski definition) is 4. The van der Waals surface area contributed by atoms with Crippen LogP contribution < -0.4 is 0 Å². The molecule has 3 heterocycles. The molecule has 39 heavy (non-hydrogen) atoms. The molecule has 2 aromatic heterocycles. The third-order valence-corrected chi connectivity index (χ3v) is 7.71. The van der Waals surface area contributed by atoms with Gasteiger partial charge in [-0.05, 0) is 83.9 Å². The number of hydrogen-bond donors (Lipinski definition) is 1. The Hall–Kier alpha value is -3.42. The predicted octanol–water partition coefficient (Wildman–Crippen LogP) is 6.94. The van der Waals surface area contributed by atoms with Crippen molar-refractivity contribution in [2.24, 2.45) is 5.92 Å². The minimum Gasteiger partial charge on any atom is -0.478 e. The number of carboxylic acids is 1. The van der Waals surface area contributed by atoms with Crippen molar-refractivity contribution in [2.75, 3.05) is 13.1 Å². The number of nitrogens with zero attached hydrogens (tertiary/aromatic N) is 3. The van der Waals surface area contributed by atoms with E-state index in [1.165, 1.54) is 6.07 Å². The Balaban J connectivity index is 1.70. The van der Waals surface area contributed by atoms with Crippen LogP contribution in [0.3, 0.4) is 0 Å². The van der Waals surface area contributed by atoms with Crippen LogP contribution in [0.1, 0.15) is 86.7 Å². The molecule has 208 valence electrons. The van der Waals surface area contributed by atoms with Gasteiger partial charge in [-0.15, -0.1) is 0 Å². The molecule has 1 N–H and O–H groups in total. The summed E-state index contributed by atoms with van der Waals surface area (Å²) in [6.07, 6.45) is 3.94. The topological polar surface area (TPSA) is 84.7 Å². The summed E-state index contributed by atoms with van der Waals surface area (Å²) in [5.41, 5.74) is 3.97. The highest BCUT2D eigenvalue weighted by molar-refractivity contribution is 6.02. The van der Waals surface area contributed by atoms with Gasteiger partial charge in [0.2, 0.25) is 0 Å². The zero-order valence-corrected chi connectivity index (χ0v) is 23.5. The molecule has 1 aliphatic carbocycles. The van der Waals surface area contributed by atoms with E-state index in [0.717, 1.165) is 42.6 Å². The Labute approximate surface area is 229 Å². The quantitative estimate of drug-likeness (QED) is 0.370. The molecular formula is C31H38FN3O4. The summed E-state index contributed by atoms with van der Waals surface area (Å²) in [6.45, 7) is 11.1. The maximum absolute atomic E-state index is 16.6. The van der Waals surface area contributed by atoms with Crippen LogP contribution in [0.5, 0.6) is 0 Å². The van der Waals surface area contributed by atoms with E-state index >= 15 is 4.39 Å². The number of aromatic nitrogens is 2. The summed E-state index contributed by atoms with van der Waals surface area (Å²) in [5, 5.41) is 10.3. The maximum atomic E-state index is 16.6. The number of ether oxygens (including phenoxy) is 1. The second-order valence-electron chi connectivity index (χ2n) is 12.0. The van der Waals surface area contributed by atoms with Gasteiger partial charge in [0.25, 0.3) is 0 Å². The number of amides is 1. The average Bonchev–Trinajstić information content (AvgIpc) is 3.66. The van der Waals surface area contributed by atoms with Gasteiger partial charge in [0.05, 0.1) is 16.8 Å². The van der Waals surface area contributed by atoms with E-state index in [9.17, 15) is 14.7 Å². The van der Waals surface area contributed by atoms with Crippen LogP contribution in [0.15, 0.2) is 24.3 Å². The highest BCUT2D eigenvalue weighted by Gasteiger charge is 2.35. The van der Waals surface area contributed by atoms with Crippen LogP contribution in [0, 0.1) is 18.7 Å². The maximum Gasteiger partial charge on any atom is 0.410 e. The van der Waals surface area contributed by atoms with Crippen molar-refractivity contribution in [1.82, 2.24) is 14.5 Å². The smallest absolute Gasteiger partial charge is 0.410 e. The van der Waals surface area contributed by atoms with Gasteiger partial charge in [-0.2, -0.15) is 0 Å². The zero-order valence-electron chi connectivity index (χ0n) is 23.5. The number of likely N-dealkylation sites (tertiary alicyclic amines) is 1. The van der Waals surface area contributed by atoms with Crippen molar-refractivity contribution in [2.45, 2.75) is 84.8 Å². The number of aromatic carboxylic acids is 1. The number of aryl methyl sites for hydroxylation is 2. The van der Waals surface area contributed by atoms with Crippen molar-refractivity contribution in [1.29, 1.82) is 0 Å². The number of fused-ring (bicyclic) bond motifs is 1. The Morgan fingerprint density at radius 2 is 1.90 bits per heavy atom. The molecule has 0 spiro atoms. The number of pyridine rings is 1. The Morgan fingerprint density at radius 1 is 1.15 bits per heavy atom. The van der Waals surface area contributed by atoms with Gasteiger partial charge < -0.3 is 19.3 Å². The monoisotopic (exact) mass is 535 g/mol. The van der Waals surface area contributed by atoms with E-state index < -0.39 is 11.6 Å².